The Labute approximate surface area is 191 Å². The average Bonchev–Trinajstić information content (AvgIpc) is 2.82. The van der Waals surface area contributed by atoms with Crippen LogP contribution in [0.1, 0.15) is 107 Å². The van der Waals surface area contributed by atoms with Gasteiger partial charge in [-0.15, -0.1) is 0 Å². The molecule has 3 rings (SSSR count). The molecule has 1 fully saturated rings. The number of aliphatic hydroxyl groups is 1. The molecule has 0 aliphatic heterocycles. The Hall–Kier alpha value is -1.60. The predicted octanol–water partition coefficient (Wildman–Crippen LogP) is 8.48. The van der Waals surface area contributed by atoms with E-state index in [1.807, 2.05) is 0 Å². The van der Waals surface area contributed by atoms with Gasteiger partial charge in [-0.2, -0.15) is 0 Å². The van der Waals surface area contributed by atoms with Crippen molar-refractivity contribution in [3.63, 3.8) is 0 Å². The number of benzene rings is 2. The van der Waals surface area contributed by atoms with E-state index in [1.165, 1.54) is 80.0 Å². The molecule has 0 amide bonds. The first kappa shape index (κ1) is 24.1. The number of hydrogen-bond acceptors (Lipinski definition) is 1. The second-order valence-corrected chi connectivity index (χ2v) is 9.71. The van der Waals surface area contributed by atoms with Gasteiger partial charge < -0.3 is 5.11 Å². The smallest absolute Gasteiger partial charge is 0.0431 e. The van der Waals surface area contributed by atoms with Gasteiger partial charge in [-0.05, 0) is 91.0 Å². The van der Waals surface area contributed by atoms with Gasteiger partial charge in [0.25, 0.3) is 0 Å². The summed E-state index contributed by atoms with van der Waals surface area (Å²) >= 11 is 0. The zero-order chi connectivity index (χ0) is 21.9. The topological polar surface area (TPSA) is 20.2 Å². The molecule has 0 heterocycles. The molecule has 1 heteroatoms. The van der Waals surface area contributed by atoms with Crippen molar-refractivity contribution in [2.75, 3.05) is 6.61 Å². The van der Waals surface area contributed by atoms with Crippen molar-refractivity contribution in [3.8, 4) is 11.1 Å². The van der Waals surface area contributed by atoms with Gasteiger partial charge in [0, 0.05) is 6.61 Å². The van der Waals surface area contributed by atoms with E-state index >= 15 is 0 Å². The predicted molar refractivity (Wildman–Crippen MR) is 135 cm³/mol. The zero-order valence-corrected chi connectivity index (χ0v) is 20.0. The second-order valence-electron chi connectivity index (χ2n) is 9.71. The van der Waals surface area contributed by atoms with Gasteiger partial charge >= 0.3 is 0 Å². The monoisotopic (exact) mass is 420 g/mol. The van der Waals surface area contributed by atoms with Crippen LogP contribution >= 0.6 is 0 Å². The van der Waals surface area contributed by atoms with E-state index in [0.29, 0.717) is 6.61 Å². The van der Waals surface area contributed by atoms with Crippen LogP contribution in [0.2, 0.25) is 0 Å². The fraction of sp³-hybridized carbons (Fsp3) is 0.600. The first-order valence-corrected chi connectivity index (χ1v) is 13.1. The second kappa shape index (κ2) is 13.1. The molecule has 2 aromatic carbocycles. The summed E-state index contributed by atoms with van der Waals surface area (Å²) in [5.41, 5.74) is 7.20. The van der Waals surface area contributed by atoms with E-state index < -0.39 is 0 Å². The highest BCUT2D eigenvalue weighted by Crippen LogP contribution is 2.38. The van der Waals surface area contributed by atoms with Crippen LogP contribution in [0.3, 0.4) is 0 Å². The Morgan fingerprint density at radius 1 is 0.806 bits per heavy atom. The SMILES string of the molecule is CCCCCC1CCC(c2ccc(-c3ccc(CCCCCO)cc3CC)cc2)CC1. The summed E-state index contributed by atoms with van der Waals surface area (Å²) in [5.74, 6) is 1.75. The molecule has 1 saturated carbocycles. The Morgan fingerprint density at radius 2 is 1.58 bits per heavy atom. The molecule has 1 aliphatic rings. The minimum absolute atomic E-state index is 0.315. The quantitative estimate of drug-likeness (QED) is 0.341. The summed E-state index contributed by atoms with van der Waals surface area (Å²) in [5, 5.41) is 8.96. The third-order valence-electron chi connectivity index (χ3n) is 7.43. The van der Waals surface area contributed by atoms with Gasteiger partial charge in [0.05, 0.1) is 0 Å². The van der Waals surface area contributed by atoms with Gasteiger partial charge in [-0.25, -0.2) is 0 Å². The van der Waals surface area contributed by atoms with Crippen LogP contribution in [0.4, 0.5) is 0 Å². The maximum Gasteiger partial charge on any atom is 0.0431 e. The van der Waals surface area contributed by atoms with Crippen LogP contribution in [0.25, 0.3) is 11.1 Å². The molecule has 0 bridgehead atoms. The number of aliphatic hydroxyl groups excluding tert-OH is 1. The minimum Gasteiger partial charge on any atom is -0.396 e. The number of hydrogen-bond donors (Lipinski definition) is 1. The van der Waals surface area contributed by atoms with Crippen molar-refractivity contribution < 1.29 is 5.11 Å². The summed E-state index contributed by atoms with van der Waals surface area (Å²) in [6.45, 7) is 4.89. The highest BCUT2D eigenvalue weighted by molar-refractivity contribution is 5.68. The zero-order valence-electron chi connectivity index (χ0n) is 20.0. The number of aryl methyl sites for hydroxylation is 2. The van der Waals surface area contributed by atoms with Crippen molar-refractivity contribution in [2.24, 2.45) is 5.92 Å². The van der Waals surface area contributed by atoms with Crippen molar-refractivity contribution in [2.45, 2.75) is 103 Å². The van der Waals surface area contributed by atoms with Crippen LogP contribution in [0, 0.1) is 5.92 Å². The highest BCUT2D eigenvalue weighted by Gasteiger charge is 2.22. The van der Waals surface area contributed by atoms with Crippen molar-refractivity contribution in [1.82, 2.24) is 0 Å². The van der Waals surface area contributed by atoms with Gasteiger partial charge in [0.2, 0.25) is 0 Å². The van der Waals surface area contributed by atoms with Gasteiger partial charge in [-0.3, -0.25) is 0 Å². The summed E-state index contributed by atoms with van der Waals surface area (Å²) < 4.78 is 0. The third kappa shape index (κ3) is 7.21. The van der Waals surface area contributed by atoms with Crippen LogP contribution in [-0.2, 0) is 12.8 Å². The molecular weight excluding hydrogens is 376 g/mol. The standard InChI is InChI=1S/C30H44O/c1-3-5-7-10-24-12-15-27(16-13-24)28-17-19-29(20-18-28)30-21-14-25(23-26(30)4-2)11-8-6-9-22-31/h14,17-21,23-24,27,31H,3-13,15-16,22H2,1-2H3. The molecule has 0 spiro atoms. The van der Waals surface area contributed by atoms with E-state index in [1.54, 1.807) is 5.56 Å². The summed E-state index contributed by atoms with van der Waals surface area (Å²) in [7, 11) is 0. The average molecular weight is 421 g/mol. The van der Waals surface area contributed by atoms with Crippen LogP contribution in [0.5, 0.6) is 0 Å². The van der Waals surface area contributed by atoms with E-state index in [4.69, 9.17) is 5.11 Å². The molecule has 1 aliphatic carbocycles. The maximum absolute atomic E-state index is 8.96. The highest BCUT2D eigenvalue weighted by atomic mass is 16.2. The van der Waals surface area contributed by atoms with Gasteiger partial charge in [-0.1, -0.05) is 88.4 Å². The first-order valence-electron chi connectivity index (χ1n) is 13.1. The molecule has 2 aromatic rings. The fourth-order valence-electron chi connectivity index (χ4n) is 5.40. The molecular formula is C30H44O. The third-order valence-corrected chi connectivity index (χ3v) is 7.43. The first-order chi connectivity index (χ1) is 15.2. The summed E-state index contributed by atoms with van der Waals surface area (Å²) in [6.07, 6.45) is 16.6. The summed E-state index contributed by atoms with van der Waals surface area (Å²) in [4.78, 5) is 0. The molecule has 0 unspecified atom stereocenters. The van der Waals surface area contributed by atoms with Gasteiger partial charge in [0.15, 0.2) is 0 Å². The van der Waals surface area contributed by atoms with Crippen LogP contribution < -0.4 is 0 Å². The van der Waals surface area contributed by atoms with E-state index in [9.17, 15) is 0 Å². The lowest BCUT2D eigenvalue weighted by molar-refractivity contribution is 0.283. The molecule has 0 saturated heterocycles. The van der Waals surface area contributed by atoms with E-state index in [2.05, 4.69) is 56.3 Å². The summed E-state index contributed by atoms with van der Waals surface area (Å²) in [6, 6.07) is 16.6. The normalized spacial score (nSPS) is 18.9. The Morgan fingerprint density at radius 3 is 2.26 bits per heavy atom. The van der Waals surface area contributed by atoms with Crippen molar-refractivity contribution in [1.29, 1.82) is 0 Å². The molecule has 0 atom stereocenters. The molecule has 31 heavy (non-hydrogen) atoms. The van der Waals surface area contributed by atoms with E-state index in [-0.39, 0.29) is 0 Å². The largest absolute Gasteiger partial charge is 0.396 e. The van der Waals surface area contributed by atoms with Crippen molar-refractivity contribution >= 4 is 0 Å². The Kier molecular flexibility index (Phi) is 10.1. The fourth-order valence-corrected chi connectivity index (χ4v) is 5.40. The van der Waals surface area contributed by atoms with Crippen molar-refractivity contribution in [3.05, 3.63) is 59.2 Å². The Bertz CT molecular complexity index is 752. The number of rotatable bonds is 12. The van der Waals surface area contributed by atoms with E-state index in [0.717, 1.165) is 37.5 Å². The molecule has 0 aromatic heterocycles. The minimum atomic E-state index is 0.315. The lowest BCUT2D eigenvalue weighted by atomic mass is 9.77. The Balaban J connectivity index is 1.58. The maximum atomic E-state index is 8.96. The van der Waals surface area contributed by atoms with Gasteiger partial charge in [0.1, 0.15) is 0 Å². The lowest BCUT2D eigenvalue weighted by Gasteiger charge is -2.29. The number of unbranched alkanes of at least 4 members (excludes halogenated alkanes) is 4. The molecule has 170 valence electrons. The molecule has 1 nitrogen and oxygen atoms in total. The lowest BCUT2D eigenvalue weighted by Crippen LogP contribution is -2.13. The van der Waals surface area contributed by atoms with Crippen LogP contribution in [-0.4, -0.2) is 11.7 Å². The molecule has 1 N–H and O–H groups in total. The molecule has 0 radical (unpaired) electrons. The van der Waals surface area contributed by atoms with Crippen LogP contribution in [0.15, 0.2) is 42.5 Å².